The van der Waals surface area contributed by atoms with Crippen molar-refractivity contribution in [2.75, 3.05) is 0 Å². The van der Waals surface area contributed by atoms with Crippen molar-refractivity contribution in [1.29, 1.82) is 0 Å². The molecule has 0 aliphatic rings. The summed E-state index contributed by atoms with van der Waals surface area (Å²) in [6.45, 7) is 4.15. The van der Waals surface area contributed by atoms with Gasteiger partial charge in [-0.2, -0.15) is 0 Å². The molecule has 6 nitrogen and oxygen atoms in total. The number of nitrogens with one attached hydrogen (secondary N) is 1. The molecule has 2 aromatic heterocycles. The Morgan fingerprint density at radius 3 is 2.67 bits per heavy atom. The van der Waals surface area contributed by atoms with Crippen LogP contribution in [0.3, 0.4) is 0 Å². The fourth-order valence-corrected chi connectivity index (χ4v) is 1.33. The summed E-state index contributed by atoms with van der Waals surface area (Å²) in [5.41, 5.74) is 0.550. The van der Waals surface area contributed by atoms with Gasteiger partial charge in [0.05, 0.1) is 6.54 Å². The monoisotopic (exact) mass is 246 g/mol. The molecule has 0 aliphatic heterocycles. The lowest BCUT2D eigenvalue weighted by atomic mass is 10.2. The van der Waals surface area contributed by atoms with Gasteiger partial charge in [-0.3, -0.25) is 9.78 Å². The number of hydrogen-bond donors (Lipinski definition) is 1. The first kappa shape index (κ1) is 12.2. The van der Waals surface area contributed by atoms with E-state index in [9.17, 15) is 4.79 Å². The van der Waals surface area contributed by atoms with E-state index in [1.54, 1.807) is 24.5 Å². The first-order chi connectivity index (χ1) is 8.66. The minimum absolute atomic E-state index is 0.183. The third-order valence-corrected chi connectivity index (χ3v) is 2.32. The summed E-state index contributed by atoms with van der Waals surface area (Å²) in [5, 5.41) is 10.5. The summed E-state index contributed by atoms with van der Waals surface area (Å²) in [6.07, 6.45) is 3.14. The maximum atomic E-state index is 11.7. The quantitative estimate of drug-likeness (QED) is 0.884. The van der Waals surface area contributed by atoms with E-state index in [1.807, 2.05) is 13.8 Å². The van der Waals surface area contributed by atoms with Gasteiger partial charge in [0, 0.05) is 23.9 Å². The fourth-order valence-electron chi connectivity index (χ4n) is 1.33. The Hall–Kier alpha value is -2.24. The van der Waals surface area contributed by atoms with E-state index in [4.69, 9.17) is 4.42 Å². The van der Waals surface area contributed by atoms with Crippen molar-refractivity contribution in [1.82, 2.24) is 20.5 Å². The Labute approximate surface area is 104 Å². The number of hydrogen-bond acceptors (Lipinski definition) is 5. The van der Waals surface area contributed by atoms with E-state index in [2.05, 4.69) is 20.5 Å². The van der Waals surface area contributed by atoms with Gasteiger partial charge in [-0.1, -0.05) is 13.8 Å². The van der Waals surface area contributed by atoms with Crippen LogP contribution in [-0.2, 0) is 6.54 Å². The maximum absolute atomic E-state index is 11.7. The molecule has 1 N–H and O–H groups in total. The summed E-state index contributed by atoms with van der Waals surface area (Å²) in [6, 6.07) is 3.28. The molecular formula is C12H14N4O2. The molecule has 1 amide bonds. The zero-order valence-corrected chi connectivity index (χ0v) is 10.3. The molecule has 2 aromatic rings. The number of nitrogens with zero attached hydrogens (tertiary/aromatic N) is 3. The van der Waals surface area contributed by atoms with Crippen LogP contribution < -0.4 is 5.32 Å². The lowest BCUT2D eigenvalue weighted by Gasteiger charge is -2.01. The molecule has 0 fully saturated rings. The number of amides is 1. The van der Waals surface area contributed by atoms with Crippen molar-refractivity contribution in [3.63, 3.8) is 0 Å². The molecule has 0 unspecified atom stereocenters. The fraction of sp³-hybridized carbons (Fsp3) is 0.333. The Kier molecular flexibility index (Phi) is 3.66. The van der Waals surface area contributed by atoms with E-state index in [-0.39, 0.29) is 18.4 Å². The van der Waals surface area contributed by atoms with Crippen molar-refractivity contribution >= 4 is 5.91 Å². The van der Waals surface area contributed by atoms with Gasteiger partial charge in [0.15, 0.2) is 0 Å². The number of carbonyl (C=O) groups excluding carboxylic acids is 1. The Morgan fingerprint density at radius 2 is 2.06 bits per heavy atom. The molecule has 2 rings (SSSR count). The lowest BCUT2D eigenvalue weighted by molar-refractivity contribution is 0.0947. The molecule has 2 heterocycles. The summed E-state index contributed by atoms with van der Waals surface area (Å²) in [5.74, 6) is 0.966. The third-order valence-electron chi connectivity index (χ3n) is 2.32. The second kappa shape index (κ2) is 5.39. The zero-order chi connectivity index (χ0) is 13.0. The van der Waals surface area contributed by atoms with Crippen LogP contribution in [0.15, 0.2) is 28.9 Å². The van der Waals surface area contributed by atoms with Crippen LogP contribution in [0, 0.1) is 0 Å². The summed E-state index contributed by atoms with van der Waals surface area (Å²) < 4.78 is 5.38. The van der Waals surface area contributed by atoms with Crippen LogP contribution in [0.5, 0.6) is 0 Å². The highest BCUT2D eigenvalue weighted by atomic mass is 16.4. The largest absolute Gasteiger partial charge is 0.423 e. The van der Waals surface area contributed by atoms with Gasteiger partial charge in [-0.05, 0) is 12.1 Å². The second-order valence-corrected chi connectivity index (χ2v) is 4.11. The number of pyridine rings is 1. The average Bonchev–Trinajstić information content (AvgIpc) is 2.86. The molecule has 0 saturated carbocycles. The molecule has 0 aromatic carbocycles. The third kappa shape index (κ3) is 2.91. The minimum atomic E-state index is -0.193. The van der Waals surface area contributed by atoms with Crippen LogP contribution in [0.25, 0.3) is 0 Å². The number of rotatable bonds is 4. The van der Waals surface area contributed by atoms with Crippen molar-refractivity contribution in [2.45, 2.75) is 26.3 Å². The van der Waals surface area contributed by atoms with E-state index in [0.29, 0.717) is 17.3 Å². The van der Waals surface area contributed by atoms with Gasteiger partial charge in [-0.25, -0.2) is 0 Å². The molecule has 0 saturated heterocycles. The highest BCUT2D eigenvalue weighted by Gasteiger charge is 2.11. The highest BCUT2D eigenvalue weighted by Crippen LogP contribution is 2.11. The first-order valence-corrected chi connectivity index (χ1v) is 5.67. The predicted molar refractivity (Wildman–Crippen MR) is 63.8 cm³/mol. The van der Waals surface area contributed by atoms with Crippen LogP contribution >= 0.6 is 0 Å². The predicted octanol–water partition coefficient (Wildman–Crippen LogP) is 1.52. The summed E-state index contributed by atoms with van der Waals surface area (Å²) in [4.78, 5) is 15.6. The lowest BCUT2D eigenvalue weighted by Crippen LogP contribution is -2.22. The van der Waals surface area contributed by atoms with Gasteiger partial charge < -0.3 is 9.73 Å². The molecule has 18 heavy (non-hydrogen) atoms. The highest BCUT2D eigenvalue weighted by molar-refractivity contribution is 5.93. The van der Waals surface area contributed by atoms with Crippen molar-refractivity contribution < 1.29 is 9.21 Å². The van der Waals surface area contributed by atoms with Gasteiger partial charge in [-0.15, -0.1) is 10.2 Å². The van der Waals surface area contributed by atoms with Crippen LogP contribution in [0.4, 0.5) is 0 Å². The molecule has 94 valence electrons. The Bertz CT molecular complexity index is 522. The molecule has 0 aliphatic carbocycles. The van der Waals surface area contributed by atoms with Gasteiger partial charge in [0.1, 0.15) is 0 Å². The maximum Gasteiger partial charge on any atom is 0.251 e. The minimum Gasteiger partial charge on any atom is -0.423 e. The van der Waals surface area contributed by atoms with Crippen LogP contribution in [-0.4, -0.2) is 21.1 Å². The Morgan fingerprint density at radius 1 is 1.33 bits per heavy atom. The van der Waals surface area contributed by atoms with Gasteiger partial charge in [0.2, 0.25) is 11.8 Å². The molecular weight excluding hydrogens is 232 g/mol. The van der Waals surface area contributed by atoms with Crippen molar-refractivity contribution in [3.8, 4) is 0 Å². The summed E-state index contributed by atoms with van der Waals surface area (Å²) in [7, 11) is 0. The number of aromatic nitrogens is 3. The van der Waals surface area contributed by atoms with E-state index >= 15 is 0 Å². The molecule has 0 radical (unpaired) electrons. The average molecular weight is 246 g/mol. The van der Waals surface area contributed by atoms with Gasteiger partial charge >= 0.3 is 0 Å². The van der Waals surface area contributed by atoms with E-state index < -0.39 is 0 Å². The molecule has 0 bridgehead atoms. The van der Waals surface area contributed by atoms with Gasteiger partial charge in [0.25, 0.3) is 5.91 Å². The summed E-state index contributed by atoms with van der Waals surface area (Å²) >= 11 is 0. The standard InChI is InChI=1S/C12H14N4O2/c1-8(2)12-16-15-10(18-12)7-14-11(17)9-3-5-13-6-4-9/h3-6,8H,7H2,1-2H3,(H,14,17). The van der Waals surface area contributed by atoms with E-state index in [1.165, 1.54) is 0 Å². The van der Waals surface area contributed by atoms with Crippen molar-refractivity contribution in [3.05, 3.63) is 41.9 Å². The molecule has 6 heteroatoms. The normalized spacial score (nSPS) is 10.6. The topological polar surface area (TPSA) is 80.9 Å². The second-order valence-electron chi connectivity index (χ2n) is 4.11. The smallest absolute Gasteiger partial charge is 0.251 e. The molecule has 0 atom stereocenters. The first-order valence-electron chi connectivity index (χ1n) is 5.67. The van der Waals surface area contributed by atoms with Crippen molar-refractivity contribution in [2.24, 2.45) is 0 Å². The SMILES string of the molecule is CC(C)c1nnc(CNC(=O)c2ccncc2)o1. The zero-order valence-electron chi connectivity index (χ0n) is 10.3. The number of carbonyl (C=O) groups is 1. The Balaban J connectivity index is 1.93. The van der Waals surface area contributed by atoms with Crippen LogP contribution in [0.1, 0.15) is 41.9 Å². The molecule has 0 spiro atoms. The van der Waals surface area contributed by atoms with E-state index in [0.717, 1.165) is 0 Å². The van der Waals surface area contributed by atoms with Crippen LogP contribution in [0.2, 0.25) is 0 Å².